The Labute approximate surface area is 122 Å². The molecule has 0 spiro atoms. The van der Waals surface area contributed by atoms with Gasteiger partial charge in [0.2, 0.25) is 0 Å². The molecule has 0 aliphatic heterocycles. The summed E-state index contributed by atoms with van der Waals surface area (Å²) in [5.74, 6) is -0.539. The average molecular weight is 292 g/mol. The standard InChI is InChI=1S/C15H17FN2O3/c1-2-20-9-5-8-17-15(19)13-10-14(21-18-13)11-6-3-4-7-12(11)16/h3-4,6-7,10H,2,5,8-9H2,1H3,(H,17,19). The highest BCUT2D eigenvalue weighted by atomic mass is 19.1. The third-order valence-electron chi connectivity index (χ3n) is 2.84. The molecule has 0 fully saturated rings. The topological polar surface area (TPSA) is 64.4 Å². The summed E-state index contributed by atoms with van der Waals surface area (Å²) < 4.78 is 23.8. The third kappa shape index (κ3) is 4.13. The normalized spacial score (nSPS) is 10.6. The summed E-state index contributed by atoms with van der Waals surface area (Å²) in [5.41, 5.74) is 0.407. The van der Waals surface area contributed by atoms with Crippen molar-refractivity contribution >= 4 is 5.91 Å². The van der Waals surface area contributed by atoms with Crippen LogP contribution in [0.25, 0.3) is 11.3 Å². The number of amides is 1. The van der Waals surface area contributed by atoms with E-state index in [-0.39, 0.29) is 22.9 Å². The summed E-state index contributed by atoms with van der Waals surface area (Å²) in [6, 6.07) is 7.59. The molecule has 1 aromatic carbocycles. The van der Waals surface area contributed by atoms with E-state index in [0.29, 0.717) is 19.8 Å². The van der Waals surface area contributed by atoms with Crippen LogP contribution in [0.4, 0.5) is 4.39 Å². The monoisotopic (exact) mass is 292 g/mol. The van der Waals surface area contributed by atoms with Gasteiger partial charge in [0.1, 0.15) is 5.82 Å². The van der Waals surface area contributed by atoms with Crippen molar-refractivity contribution in [3.8, 4) is 11.3 Å². The highest BCUT2D eigenvalue weighted by Crippen LogP contribution is 2.23. The van der Waals surface area contributed by atoms with E-state index in [2.05, 4.69) is 10.5 Å². The van der Waals surface area contributed by atoms with Crippen molar-refractivity contribution in [1.29, 1.82) is 0 Å². The summed E-state index contributed by atoms with van der Waals surface area (Å²) >= 11 is 0. The molecule has 0 saturated carbocycles. The lowest BCUT2D eigenvalue weighted by Gasteiger charge is -2.02. The number of ether oxygens (including phenoxy) is 1. The first-order valence-corrected chi connectivity index (χ1v) is 6.80. The SMILES string of the molecule is CCOCCCNC(=O)c1cc(-c2ccccc2F)on1. The molecule has 5 nitrogen and oxygen atoms in total. The van der Waals surface area contributed by atoms with Gasteiger partial charge in [-0.2, -0.15) is 0 Å². The van der Waals surface area contributed by atoms with Gasteiger partial charge in [-0.15, -0.1) is 0 Å². The average Bonchev–Trinajstić information content (AvgIpc) is 2.97. The van der Waals surface area contributed by atoms with E-state index in [9.17, 15) is 9.18 Å². The zero-order valence-electron chi connectivity index (χ0n) is 11.8. The molecular weight excluding hydrogens is 275 g/mol. The highest BCUT2D eigenvalue weighted by Gasteiger charge is 2.15. The van der Waals surface area contributed by atoms with Crippen molar-refractivity contribution in [2.45, 2.75) is 13.3 Å². The maximum Gasteiger partial charge on any atom is 0.273 e. The Morgan fingerprint density at radius 3 is 3.00 bits per heavy atom. The summed E-state index contributed by atoms with van der Waals surface area (Å²) in [6.07, 6.45) is 0.720. The van der Waals surface area contributed by atoms with Crippen LogP contribution in [0, 0.1) is 5.82 Å². The first kappa shape index (κ1) is 15.2. The molecule has 0 bridgehead atoms. The van der Waals surface area contributed by atoms with Crippen LogP contribution in [0.15, 0.2) is 34.9 Å². The molecule has 0 saturated heterocycles. The number of nitrogens with one attached hydrogen (secondary N) is 1. The molecular formula is C15H17FN2O3. The Hall–Kier alpha value is -2.21. The summed E-state index contributed by atoms with van der Waals surface area (Å²) in [6.45, 7) is 3.65. The first-order chi connectivity index (χ1) is 10.2. The van der Waals surface area contributed by atoms with E-state index in [4.69, 9.17) is 9.26 Å². The van der Waals surface area contributed by atoms with Crippen molar-refractivity contribution in [3.63, 3.8) is 0 Å². The van der Waals surface area contributed by atoms with Gasteiger partial charge in [-0.25, -0.2) is 4.39 Å². The minimum absolute atomic E-state index is 0.129. The molecule has 0 aliphatic rings. The second-order valence-electron chi connectivity index (χ2n) is 4.36. The second kappa shape index (κ2) is 7.54. The van der Waals surface area contributed by atoms with E-state index in [1.807, 2.05) is 6.92 Å². The van der Waals surface area contributed by atoms with Crippen molar-refractivity contribution in [2.24, 2.45) is 0 Å². The molecule has 1 aromatic heterocycles. The van der Waals surface area contributed by atoms with Gasteiger partial charge in [0.15, 0.2) is 11.5 Å². The van der Waals surface area contributed by atoms with Crippen molar-refractivity contribution < 1.29 is 18.4 Å². The van der Waals surface area contributed by atoms with E-state index >= 15 is 0 Å². The summed E-state index contributed by atoms with van der Waals surface area (Å²) in [5, 5.41) is 6.37. The van der Waals surface area contributed by atoms with E-state index < -0.39 is 5.82 Å². The van der Waals surface area contributed by atoms with Crippen LogP contribution in [-0.4, -0.2) is 30.8 Å². The molecule has 112 valence electrons. The number of carbonyl (C=O) groups excluding carboxylic acids is 1. The lowest BCUT2D eigenvalue weighted by atomic mass is 10.1. The molecule has 1 N–H and O–H groups in total. The van der Waals surface area contributed by atoms with Crippen LogP contribution < -0.4 is 5.32 Å². The minimum atomic E-state index is -0.419. The van der Waals surface area contributed by atoms with Crippen LogP contribution in [0.5, 0.6) is 0 Å². The van der Waals surface area contributed by atoms with Crippen LogP contribution in [0.2, 0.25) is 0 Å². The van der Waals surface area contributed by atoms with Crippen molar-refractivity contribution in [2.75, 3.05) is 19.8 Å². The number of aromatic nitrogens is 1. The summed E-state index contributed by atoms with van der Waals surface area (Å²) in [7, 11) is 0. The maximum atomic E-state index is 13.6. The van der Waals surface area contributed by atoms with E-state index in [0.717, 1.165) is 6.42 Å². The fourth-order valence-corrected chi connectivity index (χ4v) is 1.78. The lowest BCUT2D eigenvalue weighted by molar-refractivity contribution is 0.0935. The fourth-order valence-electron chi connectivity index (χ4n) is 1.78. The molecule has 0 aliphatic carbocycles. The number of halogens is 1. The van der Waals surface area contributed by atoms with Gasteiger partial charge >= 0.3 is 0 Å². The number of benzene rings is 1. The number of hydrogen-bond donors (Lipinski definition) is 1. The summed E-state index contributed by atoms with van der Waals surface area (Å²) in [4.78, 5) is 11.8. The Kier molecular flexibility index (Phi) is 5.45. The molecule has 0 radical (unpaired) electrons. The number of carbonyl (C=O) groups is 1. The van der Waals surface area contributed by atoms with Gasteiger partial charge in [0.05, 0.1) is 5.56 Å². The van der Waals surface area contributed by atoms with Gasteiger partial charge in [-0.05, 0) is 25.5 Å². The van der Waals surface area contributed by atoms with E-state index in [1.54, 1.807) is 18.2 Å². The zero-order valence-corrected chi connectivity index (χ0v) is 11.8. The van der Waals surface area contributed by atoms with Crippen molar-refractivity contribution in [1.82, 2.24) is 10.5 Å². The molecule has 21 heavy (non-hydrogen) atoms. The number of rotatable bonds is 7. The van der Waals surface area contributed by atoms with Crippen LogP contribution in [0.3, 0.4) is 0 Å². The van der Waals surface area contributed by atoms with E-state index in [1.165, 1.54) is 12.1 Å². The lowest BCUT2D eigenvalue weighted by Crippen LogP contribution is -2.25. The van der Waals surface area contributed by atoms with Gasteiger partial charge in [0.25, 0.3) is 5.91 Å². The quantitative estimate of drug-likeness (QED) is 0.797. The smallest absolute Gasteiger partial charge is 0.273 e. The largest absolute Gasteiger partial charge is 0.382 e. The molecule has 2 aromatic rings. The molecule has 2 rings (SSSR count). The Morgan fingerprint density at radius 2 is 2.24 bits per heavy atom. The molecule has 6 heteroatoms. The molecule has 0 unspecified atom stereocenters. The van der Waals surface area contributed by atoms with Gasteiger partial charge in [-0.1, -0.05) is 17.3 Å². The predicted molar refractivity (Wildman–Crippen MR) is 75.3 cm³/mol. The fraction of sp³-hybridized carbons (Fsp3) is 0.333. The highest BCUT2D eigenvalue weighted by molar-refractivity contribution is 5.93. The third-order valence-corrected chi connectivity index (χ3v) is 2.84. The maximum absolute atomic E-state index is 13.6. The van der Waals surface area contributed by atoms with Gasteiger partial charge in [-0.3, -0.25) is 4.79 Å². The first-order valence-electron chi connectivity index (χ1n) is 6.80. The Balaban J connectivity index is 1.94. The van der Waals surface area contributed by atoms with Crippen LogP contribution in [0.1, 0.15) is 23.8 Å². The van der Waals surface area contributed by atoms with Crippen molar-refractivity contribution in [3.05, 3.63) is 41.8 Å². The molecule has 0 atom stereocenters. The Morgan fingerprint density at radius 1 is 1.43 bits per heavy atom. The predicted octanol–water partition coefficient (Wildman–Crippen LogP) is 2.64. The number of hydrogen-bond acceptors (Lipinski definition) is 4. The minimum Gasteiger partial charge on any atom is -0.382 e. The zero-order chi connectivity index (χ0) is 15.1. The Bertz CT molecular complexity index is 598. The van der Waals surface area contributed by atoms with Crippen LogP contribution in [-0.2, 0) is 4.74 Å². The van der Waals surface area contributed by atoms with Gasteiger partial charge < -0.3 is 14.6 Å². The van der Waals surface area contributed by atoms with Crippen LogP contribution >= 0.6 is 0 Å². The number of nitrogens with zero attached hydrogens (tertiary/aromatic N) is 1. The molecule has 1 amide bonds. The second-order valence-corrected chi connectivity index (χ2v) is 4.36. The van der Waals surface area contributed by atoms with Gasteiger partial charge in [0, 0.05) is 25.8 Å². The molecule has 1 heterocycles.